The summed E-state index contributed by atoms with van der Waals surface area (Å²) in [5.74, 6) is 0.878. The number of hydrogen-bond donors (Lipinski definition) is 2. The monoisotopic (exact) mass is 530 g/mol. The maximum Gasteiger partial charge on any atom is 0.332 e. The first-order chi connectivity index (χ1) is 17.7. The first kappa shape index (κ1) is 27.6. The summed E-state index contributed by atoms with van der Waals surface area (Å²) < 4.78 is 4.31. The highest BCUT2D eigenvalue weighted by atomic mass is 32.2. The lowest BCUT2D eigenvalue weighted by atomic mass is 10.2. The number of aliphatic hydroxyl groups excluding tert-OH is 2. The van der Waals surface area contributed by atoms with E-state index in [1.54, 1.807) is 22.7 Å². The molecule has 2 aromatic heterocycles. The van der Waals surface area contributed by atoms with E-state index in [9.17, 15) is 19.8 Å². The number of nitrogens with zero attached hydrogens (tertiary/aromatic N) is 6. The molecule has 1 aliphatic rings. The largest absolute Gasteiger partial charge is 0.391 e. The molecule has 202 valence electrons. The van der Waals surface area contributed by atoms with E-state index < -0.39 is 17.8 Å². The zero-order valence-electron chi connectivity index (χ0n) is 21.9. The fraction of sp³-hybridized carbons (Fsp3) is 0.577. The van der Waals surface area contributed by atoms with Crippen LogP contribution >= 0.6 is 11.8 Å². The molecule has 11 heteroatoms. The fourth-order valence-corrected chi connectivity index (χ4v) is 5.61. The Hall–Kier alpha value is -2.44. The van der Waals surface area contributed by atoms with Gasteiger partial charge in [0.1, 0.15) is 0 Å². The number of thioether (sulfide) groups is 1. The lowest BCUT2D eigenvalue weighted by Crippen LogP contribution is -2.50. The van der Waals surface area contributed by atoms with Crippen LogP contribution in [0.15, 0.2) is 51.1 Å². The molecule has 1 aromatic carbocycles. The van der Waals surface area contributed by atoms with Gasteiger partial charge >= 0.3 is 5.69 Å². The maximum atomic E-state index is 12.9. The molecule has 2 N–H and O–H groups in total. The van der Waals surface area contributed by atoms with E-state index in [1.165, 1.54) is 11.6 Å². The Balaban J connectivity index is 1.29. The Bertz CT molecular complexity index is 1280. The van der Waals surface area contributed by atoms with E-state index >= 15 is 0 Å². The van der Waals surface area contributed by atoms with Gasteiger partial charge in [0.05, 0.1) is 25.1 Å². The van der Waals surface area contributed by atoms with Crippen molar-refractivity contribution in [3.05, 3.63) is 57.5 Å². The number of aliphatic hydroxyl groups is 2. The normalized spacial score (nSPS) is 17.0. The number of hydrogen-bond acceptors (Lipinski definition) is 8. The molecule has 10 nitrogen and oxygen atoms in total. The van der Waals surface area contributed by atoms with Crippen molar-refractivity contribution in [2.24, 2.45) is 13.0 Å². The van der Waals surface area contributed by atoms with Gasteiger partial charge in [-0.05, 0) is 18.1 Å². The predicted octanol–water partition coefficient (Wildman–Crippen LogP) is 0.684. The minimum absolute atomic E-state index is 0.219. The smallest absolute Gasteiger partial charge is 0.332 e. The van der Waals surface area contributed by atoms with Crippen molar-refractivity contribution in [2.45, 2.75) is 44.0 Å². The van der Waals surface area contributed by atoms with E-state index in [2.05, 4.69) is 26.9 Å². The predicted molar refractivity (Wildman–Crippen MR) is 146 cm³/mol. The van der Waals surface area contributed by atoms with Crippen LogP contribution in [-0.4, -0.2) is 95.9 Å². The van der Waals surface area contributed by atoms with Gasteiger partial charge in [-0.2, -0.15) is 0 Å². The molecule has 2 atom stereocenters. The zero-order valence-corrected chi connectivity index (χ0v) is 22.7. The minimum atomic E-state index is -0.688. The van der Waals surface area contributed by atoms with Crippen molar-refractivity contribution in [3.63, 3.8) is 0 Å². The third-order valence-corrected chi connectivity index (χ3v) is 7.80. The molecule has 3 aromatic rings. The average Bonchev–Trinajstić information content (AvgIpc) is 3.29. The minimum Gasteiger partial charge on any atom is -0.391 e. The average molecular weight is 531 g/mol. The van der Waals surface area contributed by atoms with Crippen LogP contribution in [0.2, 0.25) is 0 Å². The summed E-state index contributed by atoms with van der Waals surface area (Å²) in [6.45, 7) is 9.08. The standard InChI is InChI=1S/C26H38N6O4S/c1-19(2)13-32-24-23(25(35)28(3)26(32)36)31(18-27-24)16-20(33)14-29-9-11-30(12-10-29)15-21(34)17-37-22-7-5-4-6-8-22/h4-8,18-21,33-34H,9-17H2,1-3H3. The molecule has 0 spiro atoms. The van der Waals surface area contributed by atoms with Crippen molar-refractivity contribution >= 4 is 22.9 Å². The van der Waals surface area contributed by atoms with E-state index in [4.69, 9.17) is 0 Å². The molecule has 1 aliphatic heterocycles. The van der Waals surface area contributed by atoms with Gasteiger partial charge in [0.25, 0.3) is 5.56 Å². The molecule has 0 radical (unpaired) electrons. The number of aromatic nitrogens is 4. The maximum absolute atomic E-state index is 12.9. The van der Waals surface area contributed by atoms with E-state index in [0.29, 0.717) is 36.6 Å². The van der Waals surface area contributed by atoms with Crippen LogP contribution < -0.4 is 11.2 Å². The Labute approximate surface area is 221 Å². The van der Waals surface area contributed by atoms with Crippen LogP contribution in [0.1, 0.15) is 13.8 Å². The van der Waals surface area contributed by atoms with Crippen LogP contribution in [0.4, 0.5) is 0 Å². The number of benzene rings is 1. The Morgan fingerprint density at radius 2 is 1.54 bits per heavy atom. The Morgan fingerprint density at radius 3 is 2.16 bits per heavy atom. The quantitative estimate of drug-likeness (QED) is 0.349. The van der Waals surface area contributed by atoms with Gasteiger partial charge in [-0.15, -0.1) is 11.8 Å². The molecule has 0 amide bonds. The molecule has 0 bridgehead atoms. The Morgan fingerprint density at radius 1 is 0.919 bits per heavy atom. The van der Waals surface area contributed by atoms with Crippen molar-refractivity contribution in [2.75, 3.05) is 45.0 Å². The van der Waals surface area contributed by atoms with Gasteiger partial charge in [-0.25, -0.2) is 9.78 Å². The summed E-state index contributed by atoms with van der Waals surface area (Å²) >= 11 is 1.66. The van der Waals surface area contributed by atoms with Crippen molar-refractivity contribution in [1.82, 2.24) is 28.5 Å². The van der Waals surface area contributed by atoms with Crippen molar-refractivity contribution in [1.29, 1.82) is 0 Å². The third-order valence-electron chi connectivity index (χ3n) is 6.64. The first-order valence-corrected chi connectivity index (χ1v) is 13.8. The van der Waals surface area contributed by atoms with Gasteiger partial charge < -0.3 is 14.8 Å². The highest BCUT2D eigenvalue weighted by Gasteiger charge is 2.23. The van der Waals surface area contributed by atoms with Crippen molar-refractivity contribution < 1.29 is 10.2 Å². The van der Waals surface area contributed by atoms with E-state index in [-0.39, 0.29) is 18.2 Å². The second-order valence-electron chi connectivity index (χ2n) is 10.3. The SMILES string of the molecule is CC(C)Cn1c(=O)n(C)c(=O)c2c1ncn2CC(O)CN1CCN(CC(O)CSc2ccccc2)CC1. The van der Waals surface area contributed by atoms with Gasteiger partial charge in [-0.1, -0.05) is 32.0 Å². The molecule has 3 heterocycles. The third kappa shape index (κ3) is 6.91. The lowest BCUT2D eigenvalue weighted by Gasteiger charge is -2.36. The molecular weight excluding hydrogens is 492 g/mol. The van der Waals surface area contributed by atoms with Crippen LogP contribution in [-0.2, 0) is 20.1 Å². The highest BCUT2D eigenvalue weighted by Crippen LogP contribution is 2.18. The molecule has 1 saturated heterocycles. The molecule has 4 rings (SSSR count). The number of imidazole rings is 1. The van der Waals surface area contributed by atoms with Crippen LogP contribution in [0.3, 0.4) is 0 Å². The highest BCUT2D eigenvalue weighted by molar-refractivity contribution is 7.99. The van der Waals surface area contributed by atoms with Crippen LogP contribution in [0.25, 0.3) is 11.2 Å². The summed E-state index contributed by atoms with van der Waals surface area (Å²) in [4.78, 5) is 35.5. The van der Waals surface area contributed by atoms with Gasteiger partial charge in [-0.3, -0.25) is 23.7 Å². The van der Waals surface area contributed by atoms with Crippen LogP contribution in [0.5, 0.6) is 0 Å². The number of piperazine rings is 1. The molecule has 1 fully saturated rings. The topological polar surface area (TPSA) is 109 Å². The second-order valence-corrected chi connectivity index (χ2v) is 11.3. The summed E-state index contributed by atoms with van der Waals surface area (Å²) in [5.41, 5.74) is -0.0680. The Kier molecular flexibility index (Phi) is 9.25. The first-order valence-electron chi connectivity index (χ1n) is 12.9. The van der Waals surface area contributed by atoms with E-state index in [1.807, 2.05) is 32.0 Å². The fourth-order valence-electron chi connectivity index (χ4n) is 4.77. The summed E-state index contributed by atoms with van der Waals surface area (Å²) in [6, 6.07) is 10.1. The van der Waals surface area contributed by atoms with Crippen LogP contribution in [0, 0.1) is 5.92 Å². The number of rotatable bonds is 11. The number of β-amino-alcohol motifs (C(OH)–C–C–N with tert-alkyl or cyclic N) is 2. The lowest BCUT2D eigenvalue weighted by molar-refractivity contribution is 0.0489. The summed E-state index contributed by atoms with van der Waals surface area (Å²) in [5, 5.41) is 21.3. The summed E-state index contributed by atoms with van der Waals surface area (Å²) in [7, 11) is 1.48. The zero-order chi connectivity index (χ0) is 26.5. The number of fused-ring (bicyclic) bond motifs is 1. The van der Waals surface area contributed by atoms with Gasteiger partial charge in [0.2, 0.25) is 0 Å². The van der Waals surface area contributed by atoms with Gasteiger partial charge in [0.15, 0.2) is 11.2 Å². The second kappa shape index (κ2) is 12.4. The molecule has 37 heavy (non-hydrogen) atoms. The van der Waals surface area contributed by atoms with E-state index in [0.717, 1.165) is 35.6 Å². The molecule has 0 saturated carbocycles. The molecule has 2 unspecified atom stereocenters. The van der Waals surface area contributed by atoms with Gasteiger partial charge in [0, 0.05) is 63.5 Å². The molecule has 0 aliphatic carbocycles. The molecular formula is C26H38N6O4S. The van der Waals surface area contributed by atoms with Crippen molar-refractivity contribution in [3.8, 4) is 0 Å². The summed E-state index contributed by atoms with van der Waals surface area (Å²) in [6.07, 6.45) is 0.456.